The van der Waals surface area contributed by atoms with Crippen LogP contribution in [0.5, 0.6) is 5.75 Å². The summed E-state index contributed by atoms with van der Waals surface area (Å²) in [6.07, 6.45) is 5.18. The SMILES string of the molecule is Clc1ccc(COc2ccc(C=NNc3nc(Nc4ccccc4)nc(N4CCCCC4)n3)cc2)c(Cl)c1. The molecule has 194 valence electrons. The third kappa shape index (κ3) is 7.12. The largest absolute Gasteiger partial charge is 0.489 e. The van der Waals surface area contributed by atoms with Crippen molar-refractivity contribution in [2.75, 3.05) is 28.7 Å². The number of hydrogen-bond acceptors (Lipinski definition) is 8. The van der Waals surface area contributed by atoms with Gasteiger partial charge in [-0.1, -0.05) is 47.5 Å². The van der Waals surface area contributed by atoms with E-state index in [-0.39, 0.29) is 0 Å². The van der Waals surface area contributed by atoms with Crippen LogP contribution in [-0.4, -0.2) is 34.3 Å². The van der Waals surface area contributed by atoms with Gasteiger partial charge in [-0.3, -0.25) is 0 Å². The van der Waals surface area contributed by atoms with Gasteiger partial charge in [0.1, 0.15) is 12.4 Å². The van der Waals surface area contributed by atoms with E-state index in [0.29, 0.717) is 34.5 Å². The number of aromatic nitrogens is 3. The number of anilines is 4. The van der Waals surface area contributed by atoms with Gasteiger partial charge in [0.15, 0.2) is 0 Å². The molecule has 0 radical (unpaired) electrons. The Kier molecular flexibility index (Phi) is 8.53. The molecule has 1 aliphatic heterocycles. The van der Waals surface area contributed by atoms with Crippen LogP contribution in [-0.2, 0) is 6.61 Å². The second-order valence-corrected chi connectivity index (χ2v) is 9.63. The number of benzene rings is 3. The number of piperidine rings is 1. The van der Waals surface area contributed by atoms with E-state index in [1.54, 1.807) is 18.3 Å². The maximum atomic E-state index is 6.22. The van der Waals surface area contributed by atoms with Crippen LogP contribution in [0.25, 0.3) is 0 Å². The average molecular weight is 548 g/mol. The molecule has 3 aromatic carbocycles. The Hall–Kier alpha value is -3.88. The van der Waals surface area contributed by atoms with E-state index in [9.17, 15) is 0 Å². The van der Waals surface area contributed by atoms with Crippen LogP contribution in [0.3, 0.4) is 0 Å². The van der Waals surface area contributed by atoms with Crippen LogP contribution >= 0.6 is 23.2 Å². The van der Waals surface area contributed by atoms with Gasteiger partial charge in [0.25, 0.3) is 0 Å². The molecule has 38 heavy (non-hydrogen) atoms. The van der Waals surface area contributed by atoms with Crippen LogP contribution in [0, 0.1) is 0 Å². The molecule has 1 fully saturated rings. The van der Waals surface area contributed by atoms with Crippen LogP contribution in [0.15, 0.2) is 77.9 Å². The van der Waals surface area contributed by atoms with Crippen molar-refractivity contribution in [2.45, 2.75) is 25.9 Å². The van der Waals surface area contributed by atoms with Gasteiger partial charge in [-0.05, 0) is 73.4 Å². The standard InChI is InChI=1S/C28H27Cl2N7O/c29-22-12-11-21(25(30)17-22)19-38-24-13-9-20(10-14-24)18-31-36-27-33-26(32-23-7-3-1-4-8-23)34-28(35-27)37-15-5-2-6-16-37/h1,3-4,7-14,17-18H,2,5-6,15-16,19H2,(H2,32,33,34,35,36). The van der Waals surface area contributed by atoms with Crippen LogP contribution in [0.1, 0.15) is 30.4 Å². The van der Waals surface area contributed by atoms with Crippen LogP contribution in [0.2, 0.25) is 10.0 Å². The number of ether oxygens (including phenoxy) is 1. The number of para-hydroxylation sites is 1. The predicted octanol–water partition coefficient (Wildman–Crippen LogP) is 6.94. The highest BCUT2D eigenvalue weighted by Crippen LogP contribution is 2.23. The normalized spacial score (nSPS) is 13.5. The van der Waals surface area contributed by atoms with Gasteiger partial charge < -0.3 is 15.0 Å². The molecule has 0 saturated carbocycles. The number of hydrogen-bond donors (Lipinski definition) is 2. The number of halogens is 2. The fraction of sp³-hybridized carbons (Fsp3) is 0.214. The summed E-state index contributed by atoms with van der Waals surface area (Å²) in [7, 11) is 0. The zero-order valence-corrected chi connectivity index (χ0v) is 22.2. The number of hydrazone groups is 1. The first-order valence-corrected chi connectivity index (χ1v) is 13.2. The summed E-state index contributed by atoms with van der Waals surface area (Å²) in [5, 5.41) is 8.78. The maximum Gasteiger partial charge on any atom is 0.250 e. The summed E-state index contributed by atoms with van der Waals surface area (Å²) in [5.74, 6) is 2.20. The molecule has 1 saturated heterocycles. The fourth-order valence-corrected chi connectivity index (χ4v) is 4.43. The number of nitrogens with zero attached hydrogens (tertiary/aromatic N) is 5. The lowest BCUT2D eigenvalue weighted by Gasteiger charge is -2.26. The topological polar surface area (TPSA) is 87.6 Å². The second kappa shape index (κ2) is 12.6. The molecule has 0 aliphatic carbocycles. The summed E-state index contributed by atoms with van der Waals surface area (Å²) in [4.78, 5) is 16.0. The number of rotatable bonds is 9. The molecule has 0 spiro atoms. The van der Waals surface area contributed by atoms with Crippen molar-refractivity contribution in [2.24, 2.45) is 5.10 Å². The third-order valence-electron chi connectivity index (χ3n) is 5.96. The summed E-state index contributed by atoms with van der Waals surface area (Å²) < 4.78 is 5.85. The van der Waals surface area contributed by atoms with Crippen molar-refractivity contribution in [3.8, 4) is 5.75 Å². The molecule has 2 N–H and O–H groups in total. The lowest BCUT2D eigenvalue weighted by atomic mass is 10.1. The molecule has 2 heterocycles. The lowest BCUT2D eigenvalue weighted by molar-refractivity contribution is 0.306. The van der Waals surface area contributed by atoms with Crippen LogP contribution < -0.4 is 20.4 Å². The molecule has 5 rings (SSSR count). The Morgan fingerprint density at radius 3 is 2.39 bits per heavy atom. The van der Waals surface area contributed by atoms with E-state index in [1.807, 2.05) is 60.7 Å². The molecule has 0 bridgehead atoms. The van der Waals surface area contributed by atoms with Crippen LogP contribution in [0.4, 0.5) is 23.5 Å². The summed E-state index contributed by atoms with van der Waals surface area (Å²) in [5.41, 5.74) is 5.62. The van der Waals surface area contributed by atoms with Crippen molar-refractivity contribution in [3.05, 3.63) is 94.0 Å². The van der Waals surface area contributed by atoms with E-state index in [0.717, 1.165) is 48.5 Å². The fourth-order valence-electron chi connectivity index (χ4n) is 3.97. The van der Waals surface area contributed by atoms with Crippen molar-refractivity contribution >= 4 is 52.9 Å². The Bertz CT molecular complexity index is 1380. The van der Waals surface area contributed by atoms with Gasteiger partial charge in [-0.25, -0.2) is 5.43 Å². The lowest BCUT2D eigenvalue weighted by Crippen LogP contribution is -2.31. The molecule has 0 unspecified atom stereocenters. The number of nitrogens with one attached hydrogen (secondary N) is 2. The summed E-state index contributed by atoms with van der Waals surface area (Å²) in [6, 6.07) is 22.8. The Labute approximate surface area is 231 Å². The van der Waals surface area contributed by atoms with E-state index in [4.69, 9.17) is 27.9 Å². The van der Waals surface area contributed by atoms with Crippen molar-refractivity contribution in [3.63, 3.8) is 0 Å². The molecule has 4 aromatic rings. The summed E-state index contributed by atoms with van der Waals surface area (Å²) >= 11 is 12.2. The molecular formula is C28H27Cl2N7O. The van der Waals surface area contributed by atoms with Gasteiger partial charge >= 0.3 is 0 Å². The van der Waals surface area contributed by atoms with E-state index in [1.165, 1.54) is 6.42 Å². The van der Waals surface area contributed by atoms with Gasteiger partial charge in [0.05, 0.1) is 6.21 Å². The Morgan fingerprint density at radius 2 is 1.63 bits per heavy atom. The Morgan fingerprint density at radius 1 is 0.868 bits per heavy atom. The van der Waals surface area contributed by atoms with Crippen molar-refractivity contribution < 1.29 is 4.74 Å². The molecule has 1 aromatic heterocycles. The first-order valence-electron chi connectivity index (χ1n) is 12.4. The van der Waals surface area contributed by atoms with E-state index < -0.39 is 0 Å². The molecule has 0 amide bonds. The third-order valence-corrected chi connectivity index (χ3v) is 6.55. The van der Waals surface area contributed by atoms with Crippen molar-refractivity contribution in [1.29, 1.82) is 0 Å². The minimum Gasteiger partial charge on any atom is -0.489 e. The molecular weight excluding hydrogens is 521 g/mol. The van der Waals surface area contributed by atoms with Gasteiger partial charge in [-0.2, -0.15) is 20.1 Å². The monoisotopic (exact) mass is 547 g/mol. The minimum atomic E-state index is 0.350. The smallest absolute Gasteiger partial charge is 0.250 e. The van der Waals surface area contributed by atoms with Crippen molar-refractivity contribution in [1.82, 2.24) is 15.0 Å². The van der Waals surface area contributed by atoms with Gasteiger partial charge in [-0.15, -0.1) is 0 Å². The first kappa shape index (κ1) is 25.8. The Balaban J connectivity index is 1.24. The highest BCUT2D eigenvalue weighted by molar-refractivity contribution is 6.35. The zero-order valence-electron chi connectivity index (χ0n) is 20.6. The van der Waals surface area contributed by atoms with Gasteiger partial charge in [0.2, 0.25) is 17.8 Å². The highest BCUT2D eigenvalue weighted by atomic mass is 35.5. The average Bonchev–Trinajstić information content (AvgIpc) is 2.94. The second-order valence-electron chi connectivity index (χ2n) is 8.78. The molecule has 8 nitrogen and oxygen atoms in total. The molecule has 10 heteroatoms. The quantitative estimate of drug-likeness (QED) is 0.173. The highest BCUT2D eigenvalue weighted by Gasteiger charge is 2.16. The molecule has 1 aliphatic rings. The zero-order chi connectivity index (χ0) is 26.2. The van der Waals surface area contributed by atoms with Gasteiger partial charge in [0, 0.05) is 34.4 Å². The molecule has 0 atom stereocenters. The maximum absolute atomic E-state index is 6.22. The predicted molar refractivity (Wildman–Crippen MR) is 154 cm³/mol. The first-order chi connectivity index (χ1) is 18.6. The summed E-state index contributed by atoms with van der Waals surface area (Å²) in [6.45, 7) is 2.20. The van der Waals surface area contributed by atoms with E-state index in [2.05, 4.69) is 35.7 Å². The minimum absolute atomic E-state index is 0.350. The van der Waals surface area contributed by atoms with E-state index >= 15 is 0 Å².